The lowest BCUT2D eigenvalue weighted by Gasteiger charge is -2.32. The van der Waals surface area contributed by atoms with Crippen molar-refractivity contribution in [1.29, 1.82) is 0 Å². The van der Waals surface area contributed by atoms with Crippen molar-refractivity contribution in [3.63, 3.8) is 0 Å². The van der Waals surface area contributed by atoms with Crippen molar-refractivity contribution in [2.45, 2.75) is 26.4 Å². The van der Waals surface area contributed by atoms with E-state index in [4.69, 9.17) is 16.3 Å². The first-order valence-electron chi connectivity index (χ1n) is 8.72. The Bertz CT molecular complexity index is 1000. The van der Waals surface area contributed by atoms with E-state index in [0.29, 0.717) is 35.2 Å². The maximum absolute atomic E-state index is 13.3. The van der Waals surface area contributed by atoms with E-state index in [9.17, 15) is 4.79 Å². The molecule has 1 aliphatic heterocycles. The summed E-state index contributed by atoms with van der Waals surface area (Å²) < 4.78 is 7.39. The predicted molar refractivity (Wildman–Crippen MR) is 102 cm³/mol. The quantitative estimate of drug-likeness (QED) is 0.693. The molecule has 1 unspecified atom stereocenters. The zero-order valence-electron chi connectivity index (χ0n) is 15.0. The van der Waals surface area contributed by atoms with Crippen LogP contribution in [0.2, 0.25) is 5.02 Å². The van der Waals surface area contributed by atoms with Crippen molar-refractivity contribution in [1.82, 2.24) is 20.0 Å². The third kappa shape index (κ3) is 3.14. The number of rotatable bonds is 3. The van der Waals surface area contributed by atoms with Gasteiger partial charge in [0.25, 0.3) is 5.91 Å². The molecule has 1 aliphatic rings. The van der Waals surface area contributed by atoms with Crippen molar-refractivity contribution in [2.24, 2.45) is 0 Å². The number of ether oxygens (including phenoxy) is 1. The van der Waals surface area contributed by atoms with E-state index in [2.05, 4.69) is 15.3 Å². The van der Waals surface area contributed by atoms with Gasteiger partial charge in [0, 0.05) is 11.2 Å². The van der Waals surface area contributed by atoms with Gasteiger partial charge in [-0.1, -0.05) is 29.8 Å². The summed E-state index contributed by atoms with van der Waals surface area (Å²) in [5.74, 6) is 0.231. The van der Waals surface area contributed by atoms with Crippen LogP contribution in [0.1, 0.15) is 30.0 Å². The Morgan fingerprint density at radius 2 is 2.19 bits per heavy atom. The van der Waals surface area contributed by atoms with Crippen LogP contribution in [0, 0.1) is 0 Å². The number of amides is 1. The Morgan fingerprint density at radius 1 is 1.33 bits per heavy atom. The highest BCUT2D eigenvalue weighted by atomic mass is 35.5. The number of anilines is 1. The summed E-state index contributed by atoms with van der Waals surface area (Å²) in [6.45, 7) is 4.29. The van der Waals surface area contributed by atoms with Crippen molar-refractivity contribution in [2.75, 3.05) is 11.4 Å². The number of hydrogen-bond donors (Lipinski definition) is 0. The number of carbonyl (C=O) groups is 1. The summed E-state index contributed by atoms with van der Waals surface area (Å²) in [4.78, 5) is 19.2. The summed E-state index contributed by atoms with van der Waals surface area (Å²) in [7, 11) is 0. The second-order valence-corrected chi connectivity index (χ2v) is 6.74. The number of nitrogens with zero attached hydrogens (tertiary/aromatic N) is 5. The van der Waals surface area contributed by atoms with Crippen LogP contribution in [0.3, 0.4) is 0 Å². The molecule has 0 radical (unpaired) electrons. The smallest absolute Gasteiger partial charge is 0.281 e. The monoisotopic (exact) mass is 383 g/mol. The number of hydrogen-bond acceptors (Lipinski definition) is 5. The fourth-order valence-corrected chi connectivity index (χ4v) is 3.37. The SMILES string of the molecule is CCc1c(C(=O)N2CC(C)Oc3ncccc32)nnn1-c1cccc(Cl)c1. The summed E-state index contributed by atoms with van der Waals surface area (Å²) >= 11 is 6.10. The van der Waals surface area contributed by atoms with Crippen LogP contribution in [0.25, 0.3) is 5.69 Å². The highest BCUT2D eigenvalue weighted by molar-refractivity contribution is 6.30. The Hall–Kier alpha value is -2.93. The molecule has 7 nitrogen and oxygen atoms in total. The molecule has 1 amide bonds. The lowest BCUT2D eigenvalue weighted by Crippen LogP contribution is -2.43. The summed E-state index contributed by atoms with van der Waals surface area (Å²) in [6.07, 6.45) is 2.08. The zero-order valence-corrected chi connectivity index (χ0v) is 15.7. The minimum atomic E-state index is -0.218. The minimum absolute atomic E-state index is 0.163. The molecular weight excluding hydrogens is 366 g/mol. The van der Waals surface area contributed by atoms with Gasteiger partial charge < -0.3 is 4.74 Å². The molecule has 0 fully saturated rings. The van der Waals surface area contributed by atoms with Crippen LogP contribution < -0.4 is 9.64 Å². The minimum Gasteiger partial charge on any atom is -0.471 e. The van der Waals surface area contributed by atoms with Crippen LogP contribution in [-0.4, -0.2) is 38.5 Å². The van der Waals surface area contributed by atoms with Crippen molar-refractivity contribution in [3.05, 3.63) is 59.0 Å². The molecule has 0 saturated carbocycles. The Labute approximate surface area is 161 Å². The van der Waals surface area contributed by atoms with Gasteiger partial charge in [0.2, 0.25) is 5.88 Å². The van der Waals surface area contributed by atoms with Gasteiger partial charge in [0.15, 0.2) is 5.69 Å². The first kappa shape index (κ1) is 17.5. The lowest BCUT2D eigenvalue weighted by atomic mass is 10.2. The lowest BCUT2D eigenvalue weighted by molar-refractivity contribution is 0.0953. The van der Waals surface area contributed by atoms with Gasteiger partial charge in [0.05, 0.1) is 17.9 Å². The summed E-state index contributed by atoms with van der Waals surface area (Å²) in [6, 6.07) is 10.9. The molecule has 0 aliphatic carbocycles. The first-order chi connectivity index (χ1) is 13.1. The molecule has 0 N–H and O–H groups in total. The number of fused-ring (bicyclic) bond motifs is 1. The second-order valence-electron chi connectivity index (χ2n) is 6.30. The van der Waals surface area contributed by atoms with Crippen molar-refractivity contribution < 1.29 is 9.53 Å². The maximum atomic E-state index is 13.3. The fraction of sp³-hybridized carbons (Fsp3) is 0.263. The fourth-order valence-electron chi connectivity index (χ4n) is 3.18. The molecule has 8 heteroatoms. The van der Waals surface area contributed by atoms with Crippen LogP contribution in [0.5, 0.6) is 5.88 Å². The highest BCUT2D eigenvalue weighted by Crippen LogP contribution is 2.32. The molecule has 1 atom stereocenters. The molecular formula is C19H18ClN5O2. The van der Waals surface area contributed by atoms with E-state index >= 15 is 0 Å². The third-order valence-electron chi connectivity index (χ3n) is 4.39. The van der Waals surface area contributed by atoms with Crippen LogP contribution >= 0.6 is 11.6 Å². The number of aromatic nitrogens is 4. The second kappa shape index (κ2) is 7.00. The van der Waals surface area contributed by atoms with Crippen LogP contribution in [0.4, 0.5) is 5.69 Å². The Kier molecular flexibility index (Phi) is 4.53. The molecule has 3 aromatic rings. The first-order valence-corrected chi connectivity index (χ1v) is 9.10. The largest absolute Gasteiger partial charge is 0.471 e. The van der Waals surface area contributed by atoms with Gasteiger partial charge in [0.1, 0.15) is 11.8 Å². The van der Waals surface area contributed by atoms with E-state index < -0.39 is 0 Å². The average molecular weight is 384 g/mol. The van der Waals surface area contributed by atoms with Crippen LogP contribution in [0.15, 0.2) is 42.6 Å². The van der Waals surface area contributed by atoms with Gasteiger partial charge in [-0.05, 0) is 43.7 Å². The number of benzene rings is 1. The Morgan fingerprint density at radius 3 is 2.96 bits per heavy atom. The number of carbonyl (C=O) groups excluding carboxylic acids is 1. The molecule has 138 valence electrons. The highest BCUT2D eigenvalue weighted by Gasteiger charge is 2.32. The molecule has 0 bridgehead atoms. The summed E-state index contributed by atoms with van der Waals surface area (Å²) in [5, 5.41) is 8.98. The maximum Gasteiger partial charge on any atom is 0.281 e. The van der Waals surface area contributed by atoms with E-state index in [1.54, 1.807) is 34.0 Å². The zero-order chi connectivity index (χ0) is 19.0. The molecule has 4 rings (SSSR count). The summed E-state index contributed by atoms with van der Waals surface area (Å²) in [5.41, 5.74) is 2.46. The van der Waals surface area contributed by atoms with Gasteiger partial charge in [-0.15, -0.1) is 5.10 Å². The van der Waals surface area contributed by atoms with Crippen molar-refractivity contribution in [3.8, 4) is 11.6 Å². The molecule has 0 spiro atoms. The van der Waals surface area contributed by atoms with Gasteiger partial charge in [-0.25, -0.2) is 9.67 Å². The third-order valence-corrected chi connectivity index (χ3v) is 4.63. The van der Waals surface area contributed by atoms with Crippen LogP contribution in [-0.2, 0) is 6.42 Å². The van der Waals surface area contributed by atoms with E-state index in [-0.39, 0.29) is 12.0 Å². The van der Waals surface area contributed by atoms with E-state index in [0.717, 1.165) is 11.4 Å². The molecule has 1 aromatic carbocycles. The topological polar surface area (TPSA) is 73.1 Å². The molecule has 2 aromatic heterocycles. The molecule has 27 heavy (non-hydrogen) atoms. The standard InChI is InChI=1S/C19H18ClN5O2/c1-3-15-17(22-23-25(15)14-7-4-6-13(20)10-14)19(26)24-11-12(2)27-18-16(24)8-5-9-21-18/h4-10,12H,3,11H2,1-2H3. The Balaban J connectivity index is 1.75. The van der Waals surface area contributed by atoms with E-state index in [1.807, 2.05) is 32.0 Å². The van der Waals surface area contributed by atoms with E-state index in [1.165, 1.54) is 0 Å². The molecule has 0 saturated heterocycles. The predicted octanol–water partition coefficient (Wildman–Crippen LogP) is 3.31. The van der Waals surface area contributed by atoms with Crippen molar-refractivity contribution >= 4 is 23.2 Å². The van der Waals surface area contributed by atoms with Gasteiger partial charge in [-0.3, -0.25) is 9.69 Å². The van der Waals surface area contributed by atoms with Gasteiger partial charge in [-0.2, -0.15) is 0 Å². The normalized spacial score (nSPS) is 16.0. The van der Waals surface area contributed by atoms with Gasteiger partial charge >= 0.3 is 0 Å². The number of halogens is 1. The number of pyridine rings is 1. The molecule has 3 heterocycles. The average Bonchev–Trinajstić information content (AvgIpc) is 3.10.